The number of nitriles is 1. The van der Waals surface area contributed by atoms with E-state index < -0.39 is 6.04 Å². The predicted octanol–water partition coefficient (Wildman–Crippen LogP) is 2.10. The molecule has 1 aliphatic carbocycles. The summed E-state index contributed by atoms with van der Waals surface area (Å²) >= 11 is 0. The summed E-state index contributed by atoms with van der Waals surface area (Å²) in [6.45, 7) is 0. The molecule has 0 radical (unpaired) electrons. The van der Waals surface area contributed by atoms with Gasteiger partial charge in [0.05, 0.1) is 6.07 Å². The smallest absolute Gasteiger partial charge is 0.316 e. The van der Waals surface area contributed by atoms with Crippen LogP contribution in [0.4, 0.5) is 4.79 Å². The third-order valence-corrected chi connectivity index (χ3v) is 2.98. The lowest BCUT2D eigenvalue weighted by molar-refractivity contribution is 0.227. The maximum absolute atomic E-state index is 11.6. The van der Waals surface area contributed by atoms with Gasteiger partial charge in [-0.05, 0) is 24.8 Å². The van der Waals surface area contributed by atoms with E-state index >= 15 is 0 Å². The summed E-state index contributed by atoms with van der Waals surface area (Å²) in [5.41, 5.74) is 0.804. The van der Waals surface area contributed by atoms with Crippen LogP contribution in [-0.2, 0) is 0 Å². The van der Waals surface area contributed by atoms with Crippen LogP contribution >= 0.6 is 0 Å². The molecule has 2 N–H and O–H groups in total. The van der Waals surface area contributed by atoms with Gasteiger partial charge in [-0.15, -0.1) is 0 Å². The van der Waals surface area contributed by atoms with Gasteiger partial charge >= 0.3 is 6.03 Å². The number of nitrogens with one attached hydrogen (secondary N) is 2. The van der Waals surface area contributed by atoms with Gasteiger partial charge in [0.2, 0.25) is 0 Å². The Labute approximate surface area is 101 Å². The van der Waals surface area contributed by atoms with Gasteiger partial charge in [0.1, 0.15) is 6.04 Å². The molecular weight excluding hydrogens is 214 g/mol. The Bertz CT molecular complexity index is 420. The van der Waals surface area contributed by atoms with Gasteiger partial charge in [-0.2, -0.15) is 5.26 Å². The molecule has 2 rings (SSSR count). The van der Waals surface area contributed by atoms with Crippen molar-refractivity contribution in [1.82, 2.24) is 10.6 Å². The maximum atomic E-state index is 11.6. The van der Waals surface area contributed by atoms with E-state index in [2.05, 4.69) is 16.7 Å². The van der Waals surface area contributed by atoms with E-state index in [9.17, 15) is 4.79 Å². The Morgan fingerprint density at radius 1 is 1.35 bits per heavy atom. The molecule has 1 aliphatic rings. The predicted molar refractivity (Wildman–Crippen MR) is 64.1 cm³/mol. The number of nitrogens with zero attached hydrogens (tertiary/aromatic N) is 1. The number of urea groups is 1. The van der Waals surface area contributed by atoms with Crippen molar-refractivity contribution in [1.29, 1.82) is 5.26 Å². The molecule has 2 amide bonds. The Kier molecular flexibility index (Phi) is 3.61. The van der Waals surface area contributed by atoms with Crippen molar-refractivity contribution in [3.05, 3.63) is 35.9 Å². The van der Waals surface area contributed by atoms with Gasteiger partial charge in [0.25, 0.3) is 0 Å². The number of carbonyl (C=O) groups is 1. The molecule has 0 spiro atoms. The SMILES string of the molecule is N#CC(NC(=O)NC1CCC1)c1ccccc1. The van der Waals surface area contributed by atoms with E-state index in [4.69, 9.17) is 5.26 Å². The first-order valence-corrected chi connectivity index (χ1v) is 5.81. The fourth-order valence-electron chi connectivity index (χ4n) is 1.75. The lowest BCUT2D eigenvalue weighted by Gasteiger charge is -2.27. The first kappa shape index (κ1) is 11.5. The van der Waals surface area contributed by atoms with Crippen LogP contribution in [0.1, 0.15) is 30.9 Å². The minimum atomic E-state index is -0.587. The zero-order valence-electron chi connectivity index (χ0n) is 9.52. The highest BCUT2D eigenvalue weighted by Gasteiger charge is 2.21. The fourth-order valence-corrected chi connectivity index (χ4v) is 1.75. The minimum absolute atomic E-state index is 0.259. The average Bonchev–Trinajstić information content (AvgIpc) is 2.32. The molecule has 0 saturated heterocycles. The van der Waals surface area contributed by atoms with Crippen LogP contribution in [0.5, 0.6) is 0 Å². The molecule has 17 heavy (non-hydrogen) atoms. The van der Waals surface area contributed by atoms with E-state index in [-0.39, 0.29) is 12.1 Å². The molecule has 0 heterocycles. The van der Waals surface area contributed by atoms with Crippen LogP contribution < -0.4 is 10.6 Å². The zero-order valence-corrected chi connectivity index (χ0v) is 9.52. The van der Waals surface area contributed by atoms with E-state index in [1.807, 2.05) is 30.3 Å². The van der Waals surface area contributed by atoms with Crippen LogP contribution in [0, 0.1) is 11.3 Å². The highest BCUT2D eigenvalue weighted by molar-refractivity contribution is 5.75. The standard InChI is InChI=1S/C13H15N3O/c14-9-12(10-5-2-1-3-6-10)16-13(17)15-11-7-4-8-11/h1-3,5-6,11-12H,4,7-8H2,(H2,15,16,17). The Balaban J connectivity index is 1.91. The van der Waals surface area contributed by atoms with Gasteiger partial charge < -0.3 is 10.6 Å². The van der Waals surface area contributed by atoms with Crippen LogP contribution in [0.25, 0.3) is 0 Å². The number of hydrogen-bond acceptors (Lipinski definition) is 2. The molecule has 1 fully saturated rings. The third kappa shape index (κ3) is 2.97. The van der Waals surface area contributed by atoms with E-state index in [0.717, 1.165) is 18.4 Å². The van der Waals surface area contributed by atoms with Gasteiger partial charge in [-0.3, -0.25) is 0 Å². The van der Waals surface area contributed by atoms with Gasteiger partial charge in [-0.25, -0.2) is 4.79 Å². The van der Waals surface area contributed by atoms with Gasteiger partial charge in [-0.1, -0.05) is 30.3 Å². The lowest BCUT2D eigenvalue weighted by Crippen LogP contribution is -2.46. The second-order valence-corrected chi connectivity index (χ2v) is 4.22. The monoisotopic (exact) mass is 229 g/mol. The van der Waals surface area contributed by atoms with E-state index in [1.54, 1.807) is 0 Å². The first-order valence-electron chi connectivity index (χ1n) is 5.81. The van der Waals surface area contributed by atoms with Crippen LogP contribution in [-0.4, -0.2) is 12.1 Å². The molecule has 1 aromatic carbocycles. The number of hydrogen-bond donors (Lipinski definition) is 2. The zero-order chi connectivity index (χ0) is 12.1. The normalized spacial score (nSPS) is 16.4. The van der Waals surface area contributed by atoms with E-state index in [1.165, 1.54) is 6.42 Å². The number of carbonyl (C=O) groups excluding carboxylic acids is 1. The molecule has 1 atom stereocenters. The van der Waals surface area contributed by atoms with Gasteiger partial charge in [0.15, 0.2) is 0 Å². The molecule has 1 unspecified atom stereocenters. The molecule has 1 aromatic rings. The van der Waals surface area contributed by atoms with Crippen LogP contribution in [0.15, 0.2) is 30.3 Å². The minimum Gasteiger partial charge on any atom is -0.335 e. The number of amides is 2. The van der Waals surface area contributed by atoms with Crippen LogP contribution in [0.3, 0.4) is 0 Å². The Morgan fingerprint density at radius 3 is 2.59 bits per heavy atom. The highest BCUT2D eigenvalue weighted by atomic mass is 16.2. The second kappa shape index (κ2) is 5.35. The third-order valence-electron chi connectivity index (χ3n) is 2.98. The van der Waals surface area contributed by atoms with Crippen molar-refractivity contribution in [2.45, 2.75) is 31.3 Å². The number of benzene rings is 1. The first-order chi connectivity index (χ1) is 8.29. The van der Waals surface area contributed by atoms with Crippen molar-refractivity contribution in [2.75, 3.05) is 0 Å². The van der Waals surface area contributed by atoms with Crippen LogP contribution in [0.2, 0.25) is 0 Å². The lowest BCUT2D eigenvalue weighted by atomic mass is 9.93. The Morgan fingerprint density at radius 2 is 2.06 bits per heavy atom. The molecule has 0 aromatic heterocycles. The van der Waals surface area contributed by atoms with Crippen molar-refractivity contribution < 1.29 is 4.79 Å². The summed E-state index contributed by atoms with van der Waals surface area (Å²) in [6.07, 6.45) is 3.25. The topological polar surface area (TPSA) is 64.9 Å². The van der Waals surface area contributed by atoms with Crippen molar-refractivity contribution in [3.63, 3.8) is 0 Å². The Hall–Kier alpha value is -2.02. The molecule has 0 aliphatic heterocycles. The summed E-state index contributed by atoms with van der Waals surface area (Å²) < 4.78 is 0. The average molecular weight is 229 g/mol. The molecule has 4 heteroatoms. The van der Waals surface area contributed by atoms with Crippen molar-refractivity contribution in [2.24, 2.45) is 0 Å². The largest absolute Gasteiger partial charge is 0.335 e. The van der Waals surface area contributed by atoms with Crippen molar-refractivity contribution in [3.8, 4) is 6.07 Å². The maximum Gasteiger partial charge on any atom is 0.316 e. The molecule has 88 valence electrons. The number of rotatable bonds is 3. The molecule has 4 nitrogen and oxygen atoms in total. The van der Waals surface area contributed by atoms with E-state index in [0.29, 0.717) is 0 Å². The summed E-state index contributed by atoms with van der Waals surface area (Å²) in [6, 6.07) is 10.8. The summed E-state index contributed by atoms with van der Waals surface area (Å²) in [5, 5.41) is 14.6. The highest BCUT2D eigenvalue weighted by Crippen LogP contribution is 2.18. The fraction of sp³-hybridized carbons (Fsp3) is 0.385. The summed E-state index contributed by atoms with van der Waals surface area (Å²) in [7, 11) is 0. The summed E-state index contributed by atoms with van der Waals surface area (Å²) in [4.78, 5) is 11.6. The molecular formula is C13H15N3O. The molecule has 1 saturated carbocycles. The second-order valence-electron chi connectivity index (χ2n) is 4.22. The van der Waals surface area contributed by atoms with Crippen molar-refractivity contribution >= 4 is 6.03 Å². The quantitative estimate of drug-likeness (QED) is 0.833. The van der Waals surface area contributed by atoms with Gasteiger partial charge in [0, 0.05) is 6.04 Å². The summed E-state index contributed by atoms with van der Waals surface area (Å²) in [5.74, 6) is 0. The molecule has 0 bridgehead atoms.